The predicted molar refractivity (Wildman–Crippen MR) is 57.8 cm³/mol. The SMILES string of the molecule is CCC(C)(Cl)/C(=C/Cl)P(=O)(Cl)Cl. The zero-order chi connectivity index (χ0) is 9.99. The van der Waals surface area contributed by atoms with Gasteiger partial charge < -0.3 is 0 Å². The van der Waals surface area contributed by atoms with E-state index in [1.54, 1.807) is 6.92 Å². The quantitative estimate of drug-likeness (QED) is 0.512. The normalized spacial score (nSPS) is 19.0. The van der Waals surface area contributed by atoms with Crippen molar-refractivity contribution in [3.63, 3.8) is 0 Å². The molecule has 1 unspecified atom stereocenters. The summed E-state index contributed by atoms with van der Waals surface area (Å²) >= 11 is 22.3. The Balaban J connectivity index is 4.97. The fraction of sp³-hybridized carbons (Fsp3) is 0.667. The lowest BCUT2D eigenvalue weighted by molar-refractivity contribution is 0.591. The fourth-order valence-corrected chi connectivity index (χ4v) is 4.53. The average molecular weight is 270 g/mol. The highest BCUT2D eigenvalue weighted by molar-refractivity contribution is 8.11. The molecular formula is C6H9Cl4OP. The molecule has 6 heteroatoms. The van der Waals surface area contributed by atoms with Crippen LogP contribution in [0.25, 0.3) is 0 Å². The zero-order valence-electron chi connectivity index (χ0n) is 6.65. The van der Waals surface area contributed by atoms with Gasteiger partial charge in [0.15, 0.2) is 0 Å². The van der Waals surface area contributed by atoms with Crippen molar-refractivity contribution in [2.75, 3.05) is 0 Å². The zero-order valence-corrected chi connectivity index (χ0v) is 10.6. The number of hydrogen-bond donors (Lipinski definition) is 0. The first-order valence-corrected chi connectivity index (χ1v) is 7.58. The average Bonchev–Trinajstić information content (AvgIpc) is 1.85. The molecule has 72 valence electrons. The molecule has 0 rings (SSSR count). The van der Waals surface area contributed by atoms with Crippen molar-refractivity contribution in [2.24, 2.45) is 0 Å². The number of halogens is 4. The molecule has 1 nitrogen and oxygen atoms in total. The van der Waals surface area contributed by atoms with Gasteiger partial charge in [0.25, 0.3) is 5.85 Å². The Morgan fingerprint density at radius 2 is 2.00 bits per heavy atom. The lowest BCUT2D eigenvalue weighted by atomic mass is 10.1. The van der Waals surface area contributed by atoms with Crippen LogP contribution in [-0.4, -0.2) is 4.87 Å². The topological polar surface area (TPSA) is 17.1 Å². The lowest BCUT2D eigenvalue weighted by Crippen LogP contribution is -2.16. The van der Waals surface area contributed by atoms with Crippen molar-refractivity contribution in [3.8, 4) is 0 Å². The van der Waals surface area contributed by atoms with Crippen LogP contribution in [0.1, 0.15) is 20.3 Å². The van der Waals surface area contributed by atoms with E-state index in [1.165, 1.54) is 0 Å². The maximum atomic E-state index is 11.2. The summed E-state index contributed by atoms with van der Waals surface area (Å²) in [4.78, 5) is -0.833. The molecule has 0 heterocycles. The van der Waals surface area contributed by atoms with Crippen LogP contribution >= 0.6 is 51.5 Å². The van der Waals surface area contributed by atoms with Gasteiger partial charge in [-0.3, -0.25) is 4.57 Å². The second kappa shape index (κ2) is 4.57. The molecule has 0 saturated carbocycles. The number of alkyl halides is 1. The molecule has 0 aliphatic rings. The molecule has 12 heavy (non-hydrogen) atoms. The maximum Gasteiger partial charge on any atom is 0.280 e. The molecule has 1 atom stereocenters. The summed E-state index contributed by atoms with van der Waals surface area (Å²) < 4.78 is 11.2. The van der Waals surface area contributed by atoms with Gasteiger partial charge in [0, 0.05) is 10.8 Å². The Labute approximate surface area is 92.0 Å². The predicted octanol–water partition coefficient (Wildman–Crippen LogP) is 5.14. The van der Waals surface area contributed by atoms with Crippen LogP contribution in [0.2, 0.25) is 0 Å². The van der Waals surface area contributed by atoms with Crippen molar-refractivity contribution in [1.29, 1.82) is 0 Å². The van der Waals surface area contributed by atoms with Crippen LogP contribution in [0, 0.1) is 0 Å². The molecule has 0 radical (unpaired) electrons. The van der Waals surface area contributed by atoms with Gasteiger partial charge in [-0.15, -0.1) is 11.6 Å². The first kappa shape index (κ1) is 13.1. The van der Waals surface area contributed by atoms with Gasteiger partial charge in [0.1, 0.15) is 0 Å². The van der Waals surface area contributed by atoms with E-state index < -0.39 is 10.7 Å². The second-order valence-corrected chi connectivity index (χ2v) is 8.34. The molecule has 0 aromatic heterocycles. The Hall–Kier alpha value is 1.13. The molecule has 0 saturated heterocycles. The van der Waals surface area contributed by atoms with Crippen LogP contribution in [0.5, 0.6) is 0 Å². The molecule has 0 aliphatic heterocycles. The van der Waals surface area contributed by atoms with Crippen LogP contribution in [0.15, 0.2) is 10.8 Å². The van der Waals surface area contributed by atoms with Gasteiger partial charge in [-0.25, -0.2) is 0 Å². The summed E-state index contributed by atoms with van der Waals surface area (Å²) in [5, 5.41) is 0.184. The molecule has 0 fully saturated rings. The summed E-state index contributed by atoms with van der Waals surface area (Å²) in [5.74, 6) is -3.37. The standard InChI is InChI=1S/C6H9Cl4OP/c1-3-6(2,8)5(4-7)12(9,10)11/h4H,3H2,1-2H3/b5-4-. The maximum absolute atomic E-state index is 11.2. The first-order chi connectivity index (χ1) is 5.25. The molecule has 0 aromatic rings. The molecule has 0 amide bonds. The highest BCUT2D eigenvalue weighted by Crippen LogP contribution is 2.68. The third kappa shape index (κ3) is 3.47. The minimum absolute atomic E-state index is 0.184. The highest BCUT2D eigenvalue weighted by Gasteiger charge is 2.35. The third-order valence-corrected chi connectivity index (χ3v) is 4.83. The highest BCUT2D eigenvalue weighted by atomic mass is 35.9. The summed E-state index contributed by atoms with van der Waals surface area (Å²) in [6.07, 6.45) is 0.552. The second-order valence-electron chi connectivity index (χ2n) is 2.51. The fourth-order valence-electron chi connectivity index (χ4n) is 0.623. The Morgan fingerprint density at radius 1 is 1.58 bits per heavy atom. The lowest BCUT2D eigenvalue weighted by Gasteiger charge is -2.23. The smallest absolute Gasteiger partial charge is 0.280 e. The van der Waals surface area contributed by atoms with E-state index in [0.29, 0.717) is 6.42 Å². The molecule has 0 aliphatic carbocycles. The van der Waals surface area contributed by atoms with Gasteiger partial charge >= 0.3 is 0 Å². The van der Waals surface area contributed by atoms with Crippen LogP contribution in [0.3, 0.4) is 0 Å². The van der Waals surface area contributed by atoms with Gasteiger partial charge in [0.05, 0.1) is 4.87 Å². The molecule has 0 bridgehead atoms. The number of allylic oxidation sites excluding steroid dienone is 1. The Morgan fingerprint density at radius 3 is 2.08 bits per heavy atom. The van der Waals surface area contributed by atoms with Crippen molar-refractivity contribution < 1.29 is 4.57 Å². The van der Waals surface area contributed by atoms with E-state index in [1.807, 2.05) is 6.92 Å². The Bertz CT molecular complexity index is 230. The van der Waals surface area contributed by atoms with Crippen LogP contribution in [0.4, 0.5) is 0 Å². The Kier molecular flexibility index (Phi) is 5.00. The summed E-state index contributed by atoms with van der Waals surface area (Å²) in [7, 11) is 0. The van der Waals surface area contributed by atoms with Crippen molar-refractivity contribution in [3.05, 3.63) is 10.8 Å². The monoisotopic (exact) mass is 268 g/mol. The summed E-state index contributed by atoms with van der Waals surface area (Å²) in [5.41, 5.74) is 1.09. The van der Waals surface area contributed by atoms with Crippen molar-refractivity contribution in [1.82, 2.24) is 0 Å². The minimum Gasteiger partial charge on any atom is -0.284 e. The van der Waals surface area contributed by atoms with Crippen molar-refractivity contribution >= 4 is 51.5 Å². The van der Waals surface area contributed by atoms with Crippen molar-refractivity contribution in [2.45, 2.75) is 25.1 Å². The molecule has 0 N–H and O–H groups in total. The van der Waals surface area contributed by atoms with E-state index in [9.17, 15) is 4.57 Å². The molecule has 0 aromatic carbocycles. The van der Waals surface area contributed by atoms with Gasteiger partial charge in [-0.2, -0.15) is 0 Å². The van der Waals surface area contributed by atoms with E-state index in [2.05, 4.69) is 0 Å². The van der Waals surface area contributed by atoms with Gasteiger partial charge in [-0.1, -0.05) is 18.5 Å². The van der Waals surface area contributed by atoms with E-state index in [0.717, 1.165) is 5.54 Å². The molecular weight excluding hydrogens is 261 g/mol. The molecule has 0 spiro atoms. The number of hydrogen-bond acceptors (Lipinski definition) is 1. The summed E-state index contributed by atoms with van der Waals surface area (Å²) in [6.45, 7) is 3.50. The number of rotatable bonds is 3. The van der Waals surface area contributed by atoms with Crippen LogP contribution in [-0.2, 0) is 4.57 Å². The largest absolute Gasteiger partial charge is 0.284 e. The van der Waals surface area contributed by atoms with E-state index in [4.69, 9.17) is 45.7 Å². The first-order valence-electron chi connectivity index (χ1n) is 3.25. The summed E-state index contributed by atoms with van der Waals surface area (Å²) in [6, 6.07) is 0. The third-order valence-electron chi connectivity index (χ3n) is 1.58. The minimum atomic E-state index is -3.37. The van der Waals surface area contributed by atoms with Crippen LogP contribution < -0.4 is 0 Å². The van der Waals surface area contributed by atoms with Gasteiger partial charge in [0.2, 0.25) is 0 Å². The van der Waals surface area contributed by atoms with E-state index in [-0.39, 0.29) is 5.31 Å². The van der Waals surface area contributed by atoms with Gasteiger partial charge in [-0.05, 0) is 35.8 Å². The van der Waals surface area contributed by atoms with E-state index >= 15 is 0 Å².